The minimum Gasteiger partial charge on any atom is -0.497 e. The van der Waals surface area contributed by atoms with Crippen LogP contribution in [-0.4, -0.2) is 23.2 Å². The number of nitrogens with zero attached hydrogens (tertiary/aromatic N) is 2. The number of nitrogens with one attached hydrogen (secondary N) is 1. The number of amides is 1. The molecule has 0 radical (unpaired) electrons. The van der Waals surface area contributed by atoms with Crippen LogP contribution >= 0.6 is 11.3 Å². The van der Waals surface area contributed by atoms with Gasteiger partial charge in [-0.15, -0.1) is 10.2 Å². The summed E-state index contributed by atoms with van der Waals surface area (Å²) in [6, 6.07) is 7.98. The fraction of sp³-hybridized carbons (Fsp3) is 0.571. The van der Waals surface area contributed by atoms with E-state index in [4.69, 9.17) is 4.74 Å². The van der Waals surface area contributed by atoms with E-state index in [1.54, 1.807) is 7.11 Å². The van der Waals surface area contributed by atoms with Crippen LogP contribution in [0.1, 0.15) is 49.1 Å². The van der Waals surface area contributed by atoms with E-state index in [-0.39, 0.29) is 11.3 Å². The van der Waals surface area contributed by atoms with Crippen molar-refractivity contribution in [3.8, 4) is 5.75 Å². The molecule has 3 aliphatic rings. The van der Waals surface area contributed by atoms with Gasteiger partial charge in [0.05, 0.1) is 12.5 Å². The zero-order valence-corrected chi connectivity index (χ0v) is 16.4. The minimum absolute atomic E-state index is 0.120. The topological polar surface area (TPSA) is 64.1 Å². The first-order valence-corrected chi connectivity index (χ1v) is 10.8. The minimum atomic E-state index is -0.120. The van der Waals surface area contributed by atoms with Crippen molar-refractivity contribution < 1.29 is 9.53 Å². The third-order valence-electron chi connectivity index (χ3n) is 7.05. The first kappa shape index (κ1) is 17.2. The van der Waals surface area contributed by atoms with Gasteiger partial charge in [-0.2, -0.15) is 0 Å². The summed E-state index contributed by atoms with van der Waals surface area (Å²) in [7, 11) is 1.67. The van der Waals surface area contributed by atoms with Gasteiger partial charge in [0, 0.05) is 6.42 Å². The summed E-state index contributed by atoms with van der Waals surface area (Å²) in [5.41, 5.74) is 1.04. The second-order valence-corrected chi connectivity index (χ2v) is 9.45. The Morgan fingerprint density at radius 3 is 2.67 bits per heavy atom. The predicted molar refractivity (Wildman–Crippen MR) is 105 cm³/mol. The Kier molecular flexibility index (Phi) is 4.19. The number of methoxy groups -OCH3 is 1. The molecule has 1 N–H and O–H groups in total. The first-order valence-electron chi connectivity index (χ1n) is 9.94. The van der Waals surface area contributed by atoms with Gasteiger partial charge in [0.25, 0.3) is 0 Å². The number of benzene rings is 1. The molecule has 0 aliphatic heterocycles. The van der Waals surface area contributed by atoms with Crippen molar-refractivity contribution >= 4 is 22.4 Å². The molecule has 27 heavy (non-hydrogen) atoms. The van der Waals surface area contributed by atoms with E-state index in [0.717, 1.165) is 35.1 Å². The Balaban J connectivity index is 1.28. The van der Waals surface area contributed by atoms with Crippen molar-refractivity contribution in [1.29, 1.82) is 0 Å². The molecule has 1 amide bonds. The lowest BCUT2D eigenvalue weighted by molar-refractivity contribution is -0.133. The molecule has 2 aromatic rings. The summed E-state index contributed by atoms with van der Waals surface area (Å²) in [5, 5.41) is 13.2. The van der Waals surface area contributed by atoms with Gasteiger partial charge in [-0.1, -0.05) is 29.9 Å². The SMILES string of the molecule is COc1ccc(Cc2nnc(NC(=O)C34CC5CC3CCCC4C5)s2)cc1. The molecule has 1 aromatic heterocycles. The van der Waals surface area contributed by atoms with E-state index < -0.39 is 0 Å². The predicted octanol–water partition coefficient (Wildman–Crippen LogP) is 4.29. The van der Waals surface area contributed by atoms with Crippen molar-refractivity contribution in [2.45, 2.75) is 44.9 Å². The summed E-state index contributed by atoms with van der Waals surface area (Å²) in [6.07, 6.45) is 8.05. The summed E-state index contributed by atoms with van der Waals surface area (Å²) in [6.45, 7) is 0. The average molecular weight is 384 g/mol. The van der Waals surface area contributed by atoms with E-state index in [1.807, 2.05) is 24.3 Å². The monoisotopic (exact) mass is 383 g/mol. The molecule has 6 heteroatoms. The normalized spacial score (nSPS) is 31.1. The third-order valence-corrected chi connectivity index (χ3v) is 7.89. The highest BCUT2D eigenvalue weighted by Gasteiger charge is 2.62. The lowest BCUT2D eigenvalue weighted by Crippen LogP contribution is -2.46. The van der Waals surface area contributed by atoms with Crippen molar-refractivity contribution in [2.24, 2.45) is 23.2 Å². The number of ether oxygens (including phenoxy) is 1. The highest BCUT2D eigenvalue weighted by Crippen LogP contribution is 2.66. The van der Waals surface area contributed by atoms with Crippen LogP contribution in [0.4, 0.5) is 5.13 Å². The molecule has 1 aromatic carbocycles. The molecule has 3 aliphatic carbocycles. The zero-order chi connectivity index (χ0) is 18.4. The van der Waals surface area contributed by atoms with E-state index in [2.05, 4.69) is 15.5 Å². The van der Waals surface area contributed by atoms with E-state index in [0.29, 0.717) is 17.0 Å². The molecular weight excluding hydrogens is 358 g/mol. The van der Waals surface area contributed by atoms with E-state index in [9.17, 15) is 4.79 Å². The van der Waals surface area contributed by atoms with Gasteiger partial charge < -0.3 is 10.1 Å². The fourth-order valence-electron chi connectivity index (χ4n) is 5.96. The van der Waals surface area contributed by atoms with Gasteiger partial charge in [-0.25, -0.2) is 0 Å². The molecular formula is C21H25N3O2S. The molecule has 2 atom stereocenters. The smallest absolute Gasteiger partial charge is 0.232 e. The van der Waals surface area contributed by atoms with Gasteiger partial charge >= 0.3 is 0 Å². The molecule has 1 heterocycles. The standard InChI is InChI=1S/C21H25N3O2S/c1-26-17-7-5-13(6-8-17)11-18-23-24-20(27-18)22-19(25)21-12-14-9-15(21)3-2-4-16(21)10-14/h5-8,14-16H,2-4,9-12H2,1H3,(H,22,24,25). The largest absolute Gasteiger partial charge is 0.497 e. The van der Waals surface area contributed by atoms with Crippen molar-refractivity contribution in [3.63, 3.8) is 0 Å². The molecule has 3 fully saturated rings. The summed E-state index contributed by atoms with van der Waals surface area (Å²) in [5.74, 6) is 3.00. The second-order valence-electron chi connectivity index (χ2n) is 8.39. The highest BCUT2D eigenvalue weighted by atomic mass is 32.1. The second kappa shape index (κ2) is 6.59. The van der Waals surface area contributed by atoms with Crippen LogP contribution in [0.5, 0.6) is 5.75 Å². The van der Waals surface area contributed by atoms with Crippen LogP contribution in [0.15, 0.2) is 24.3 Å². The summed E-state index contributed by atoms with van der Waals surface area (Å²) >= 11 is 1.49. The van der Waals surface area contributed by atoms with Gasteiger partial charge in [0.1, 0.15) is 10.8 Å². The van der Waals surface area contributed by atoms with Crippen LogP contribution in [0.2, 0.25) is 0 Å². The molecule has 5 rings (SSSR count). The van der Waals surface area contributed by atoms with Gasteiger partial charge in [-0.05, 0) is 67.6 Å². The molecule has 142 valence electrons. The average Bonchev–Trinajstić information content (AvgIpc) is 3.36. The number of anilines is 1. The Morgan fingerprint density at radius 1 is 1.22 bits per heavy atom. The first-order chi connectivity index (χ1) is 13.2. The van der Waals surface area contributed by atoms with Crippen molar-refractivity contribution in [3.05, 3.63) is 34.8 Å². The lowest BCUT2D eigenvalue weighted by atomic mass is 9.60. The Labute approximate surface area is 163 Å². The van der Waals surface area contributed by atoms with Crippen LogP contribution in [-0.2, 0) is 11.2 Å². The molecule has 2 unspecified atom stereocenters. The van der Waals surface area contributed by atoms with Gasteiger partial charge in [0.2, 0.25) is 11.0 Å². The number of hydrogen-bond donors (Lipinski definition) is 1. The summed E-state index contributed by atoms with van der Waals surface area (Å²) in [4.78, 5) is 13.3. The van der Waals surface area contributed by atoms with Crippen molar-refractivity contribution in [1.82, 2.24) is 10.2 Å². The highest BCUT2D eigenvalue weighted by molar-refractivity contribution is 7.15. The number of rotatable bonds is 5. The van der Waals surface area contributed by atoms with Crippen molar-refractivity contribution in [2.75, 3.05) is 12.4 Å². The maximum absolute atomic E-state index is 13.3. The molecule has 3 saturated carbocycles. The third kappa shape index (κ3) is 2.85. The van der Waals surface area contributed by atoms with Crippen LogP contribution in [0.25, 0.3) is 0 Å². The van der Waals surface area contributed by atoms with E-state index in [1.165, 1.54) is 43.4 Å². The number of carbonyl (C=O) groups is 1. The number of aromatic nitrogens is 2. The van der Waals surface area contributed by atoms with Gasteiger partial charge in [0.15, 0.2) is 0 Å². The maximum atomic E-state index is 13.3. The van der Waals surface area contributed by atoms with Crippen LogP contribution in [0.3, 0.4) is 0 Å². The zero-order valence-electron chi connectivity index (χ0n) is 15.6. The Morgan fingerprint density at radius 2 is 1.96 bits per heavy atom. The maximum Gasteiger partial charge on any atom is 0.232 e. The van der Waals surface area contributed by atoms with Gasteiger partial charge in [-0.3, -0.25) is 4.79 Å². The molecule has 2 bridgehead atoms. The lowest BCUT2D eigenvalue weighted by Gasteiger charge is -2.44. The van der Waals surface area contributed by atoms with E-state index >= 15 is 0 Å². The number of carbonyl (C=O) groups excluding carboxylic acids is 1. The summed E-state index contributed by atoms with van der Waals surface area (Å²) < 4.78 is 5.20. The van der Waals surface area contributed by atoms with Crippen LogP contribution < -0.4 is 10.1 Å². The quantitative estimate of drug-likeness (QED) is 0.836. The number of hydrogen-bond acceptors (Lipinski definition) is 5. The molecule has 0 spiro atoms. The fourth-order valence-corrected chi connectivity index (χ4v) is 6.73. The Hall–Kier alpha value is -1.95. The Bertz CT molecular complexity index is 833. The van der Waals surface area contributed by atoms with Crippen LogP contribution in [0, 0.1) is 23.2 Å². The number of fused-ring (bicyclic) bond motifs is 1. The molecule has 5 nitrogen and oxygen atoms in total. The molecule has 0 saturated heterocycles.